The van der Waals surface area contributed by atoms with Crippen LogP contribution in [0.1, 0.15) is 19.4 Å². The molecule has 2 heterocycles. The van der Waals surface area contributed by atoms with Gasteiger partial charge in [0.15, 0.2) is 15.6 Å². The molecule has 1 aromatic rings. The highest BCUT2D eigenvalue weighted by molar-refractivity contribution is 9.10. The van der Waals surface area contributed by atoms with Crippen molar-refractivity contribution in [1.29, 1.82) is 0 Å². The molecule has 1 aromatic carbocycles. The van der Waals surface area contributed by atoms with Crippen LogP contribution in [0.2, 0.25) is 0 Å². The molecule has 0 aliphatic carbocycles. The van der Waals surface area contributed by atoms with Crippen LogP contribution >= 0.6 is 15.9 Å². The van der Waals surface area contributed by atoms with Crippen LogP contribution in [0.4, 0.5) is 5.69 Å². The van der Waals surface area contributed by atoms with Crippen molar-refractivity contribution in [1.82, 2.24) is 4.90 Å². The molecule has 3 rings (SSSR count). The quantitative estimate of drug-likeness (QED) is 0.178. The molecule has 2 fully saturated rings. The zero-order valence-electron chi connectivity index (χ0n) is 13.4. The third kappa shape index (κ3) is 2.81. The molecule has 0 spiro atoms. The average molecular weight is 431 g/mol. The number of benzene rings is 1. The third-order valence-corrected chi connectivity index (χ3v) is 7.88. The number of nitrogens with zero attached hydrogens (tertiary/aromatic N) is 2. The first kappa shape index (κ1) is 18.2. The fourth-order valence-electron chi connectivity index (χ4n) is 3.04. The number of carbonyl (C=O) groups is 2. The molecule has 0 N–H and O–H groups in total. The number of halogens is 1. The first-order chi connectivity index (χ1) is 11.7. The fraction of sp³-hybridized carbons (Fsp3) is 0.467. The topological polar surface area (TPSA) is 113 Å². The Bertz CT molecular complexity index is 740. The summed E-state index contributed by atoms with van der Waals surface area (Å²) in [4.78, 5) is 35.5. The molecule has 2 aliphatic heterocycles. The van der Waals surface area contributed by atoms with Crippen LogP contribution in [0, 0.1) is 10.1 Å². The van der Waals surface area contributed by atoms with Crippen molar-refractivity contribution in [3.05, 3.63) is 39.9 Å². The Morgan fingerprint density at radius 3 is 2.56 bits per heavy atom. The molecule has 1 unspecified atom stereocenters. The maximum atomic E-state index is 12.6. The van der Waals surface area contributed by atoms with E-state index in [2.05, 4.69) is 15.9 Å². The van der Waals surface area contributed by atoms with E-state index in [0.29, 0.717) is 5.56 Å². The van der Waals surface area contributed by atoms with Crippen LogP contribution in [0.15, 0.2) is 24.3 Å². The lowest BCUT2D eigenvalue weighted by molar-refractivity contribution is -0.384. The van der Waals surface area contributed by atoms with Crippen LogP contribution < -0.4 is 0 Å². The van der Waals surface area contributed by atoms with E-state index >= 15 is 0 Å². The Hall–Kier alpha value is -1.65. The molecule has 0 radical (unpaired) electrons. The minimum Gasteiger partial charge on any atom is -0.614 e. The normalized spacial score (nSPS) is 29.8. The maximum Gasteiger partial charge on any atom is 0.334 e. The Labute approximate surface area is 155 Å². The molecule has 25 heavy (non-hydrogen) atoms. The third-order valence-electron chi connectivity index (χ3n) is 4.44. The van der Waals surface area contributed by atoms with Gasteiger partial charge in [-0.2, -0.15) is 0 Å². The van der Waals surface area contributed by atoms with Crippen molar-refractivity contribution < 1.29 is 23.8 Å². The van der Waals surface area contributed by atoms with E-state index in [-0.39, 0.29) is 18.2 Å². The summed E-state index contributed by atoms with van der Waals surface area (Å²) in [6.45, 7) is 3.26. The number of nitro benzene ring substituents is 1. The number of alkyl halides is 1. The lowest BCUT2D eigenvalue weighted by Gasteiger charge is -2.38. The zero-order valence-corrected chi connectivity index (χ0v) is 15.8. The molecule has 4 atom stereocenters. The second-order valence-corrected chi connectivity index (χ2v) is 9.49. The summed E-state index contributed by atoms with van der Waals surface area (Å²) in [5, 5.41) is 10.1. The molecule has 0 aromatic heterocycles. The predicted molar refractivity (Wildman–Crippen MR) is 92.3 cm³/mol. The summed E-state index contributed by atoms with van der Waals surface area (Å²) >= 11 is 1.81. The summed E-state index contributed by atoms with van der Waals surface area (Å²) in [6.07, 6.45) is 0. The highest BCUT2D eigenvalue weighted by atomic mass is 79.9. The number of ether oxygens (including phenoxy) is 1. The smallest absolute Gasteiger partial charge is 0.334 e. The van der Waals surface area contributed by atoms with Crippen molar-refractivity contribution in [2.75, 3.05) is 0 Å². The SMILES string of the molecule is CC1(C)[C@H](C(=O)OCc2ccc([N+](=O)[O-])cc2)N2C(=O)[C@H](Br)[C@H]2[S+]1[O-]. The number of amides is 1. The summed E-state index contributed by atoms with van der Waals surface area (Å²) in [5.74, 6) is -0.909. The summed E-state index contributed by atoms with van der Waals surface area (Å²) in [6, 6.07) is 4.72. The van der Waals surface area contributed by atoms with Gasteiger partial charge in [-0.3, -0.25) is 19.8 Å². The van der Waals surface area contributed by atoms with E-state index in [0.717, 1.165) is 0 Å². The Balaban J connectivity index is 1.70. The number of hydrogen-bond acceptors (Lipinski definition) is 6. The Morgan fingerprint density at radius 2 is 2.00 bits per heavy atom. The van der Waals surface area contributed by atoms with Crippen molar-refractivity contribution in [2.45, 2.75) is 41.4 Å². The van der Waals surface area contributed by atoms with Crippen molar-refractivity contribution in [2.24, 2.45) is 0 Å². The van der Waals surface area contributed by atoms with Gasteiger partial charge in [-0.05, 0) is 42.7 Å². The number of nitro groups is 1. The zero-order chi connectivity index (χ0) is 18.5. The second kappa shape index (κ2) is 6.26. The Morgan fingerprint density at radius 1 is 1.40 bits per heavy atom. The number of β-lactam (4-membered cyclic amide) rings is 1. The van der Waals surface area contributed by atoms with E-state index in [1.54, 1.807) is 13.8 Å². The number of hydrogen-bond donors (Lipinski definition) is 0. The number of esters is 1. The number of non-ortho nitro benzene ring substituents is 1. The minimum absolute atomic E-state index is 0.0558. The molecule has 8 nitrogen and oxygen atoms in total. The molecular weight excluding hydrogens is 416 g/mol. The minimum atomic E-state index is -1.40. The van der Waals surface area contributed by atoms with Crippen LogP contribution in [-0.2, 0) is 32.1 Å². The molecule has 2 aliphatic rings. The lowest BCUT2D eigenvalue weighted by Crippen LogP contribution is -2.64. The van der Waals surface area contributed by atoms with E-state index in [9.17, 15) is 24.3 Å². The predicted octanol–water partition coefficient (Wildman–Crippen LogP) is 1.48. The van der Waals surface area contributed by atoms with E-state index in [4.69, 9.17) is 4.74 Å². The first-order valence-corrected chi connectivity index (χ1v) is 9.56. The van der Waals surface area contributed by atoms with Gasteiger partial charge in [0.05, 0.1) is 4.92 Å². The maximum absolute atomic E-state index is 12.6. The van der Waals surface area contributed by atoms with Crippen LogP contribution in [0.25, 0.3) is 0 Å². The molecule has 1 amide bonds. The highest BCUT2D eigenvalue weighted by Crippen LogP contribution is 2.48. The molecule has 0 saturated carbocycles. The van der Waals surface area contributed by atoms with Gasteiger partial charge < -0.3 is 9.29 Å². The molecule has 134 valence electrons. The summed E-state index contributed by atoms with van der Waals surface area (Å²) in [7, 11) is 0. The molecular formula is C15H15BrN2O6S. The van der Waals surface area contributed by atoms with E-state index in [1.165, 1.54) is 29.2 Å². The van der Waals surface area contributed by atoms with Gasteiger partial charge in [0.1, 0.15) is 6.61 Å². The van der Waals surface area contributed by atoms with Gasteiger partial charge in [0.25, 0.3) is 5.69 Å². The summed E-state index contributed by atoms with van der Waals surface area (Å²) in [5.41, 5.74) is 0.528. The van der Waals surface area contributed by atoms with Crippen molar-refractivity contribution >= 4 is 44.7 Å². The standard InChI is InChI=1S/C15H15BrN2O6S/c1-15(2)11(17-12(19)10(16)13(17)25(15)23)14(20)24-7-8-3-5-9(6-4-8)18(21)22/h3-6,10-11,13H,7H2,1-2H3/t10-,11-,13+,25?/m0/s1. The van der Waals surface area contributed by atoms with E-state index < -0.39 is 43.1 Å². The van der Waals surface area contributed by atoms with Gasteiger partial charge in [0, 0.05) is 12.1 Å². The van der Waals surface area contributed by atoms with Gasteiger partial charge in [0.2, 0.25) is 11.3 Å². The number of rotatable bonds is 4. The lowest BCUT2D eigenvalue weighted by atomic mass is 9.98. The van der Waals surface area contributed by atoms with Gasteiger partial charge in [-0.15, -0.1) is 0 Å². The van der Waals surface area contributed by atoms with E-state index in [1.807, 2.05) is 0 Å². The van der Waals surface area contributed by atoms with Crippen molar-refractivity contribution in [3.63, 3.8) is 0 Å². The second-order valence-electron chi connectivity index (χ2n) is 6.37. The highest BCUT2D eigenvalue weighted by Gasteiger charge is 2.72. The van der Waals surface area contributed by atoms with Gasteiger partial charge in [-0.25, -0.2) is 4.79 Å². The average Bonchev–Trinajstić information content (AvgIpc) is 2.77. The summed E-state index contributed by atoms with van der Waals surface area (Å²) < 4.78 is 16.9. The van der Waals surface area contributed by atoms with Crippen LogP contribution in [-0.4, -0.2) is 47.2 Å². The van der Waals surface area contributed by atoms with Crippen LogP contribution in [0.5, 0.6) is 0 Å². The number of fused-ring (bicyclic) bond motifs is 1. The molecule has 0 bridgehead atoms. The largest absolute Gasteiger partial charge is 0.614 e. The fourth-order valence-corrected chi connectivity index (χ4v) is 5.93. The van der Waals surface area contributed by atoms with Gasteiger partial charge >= 0.3 is 5.97 Å². The van der Waals surface area contributed by atoms with Gasteiger partial charge in [-0.1, -0.05) is 15.9 Å². The first-order valence-electron chi connectivity index (χ1n) is 7.43. The molecule has 10 heteroatoms. The van der Waals surface area contributed by atoms with Crippen molar-refractivity contribution in [3.8, 4) is 0 Å². The number of carbonyl (C=O) groups excluding carboxylic acids is 2. The van der Waals surface area contributed by atoms with Crippen LogP contribution in [0.3, 0.4) is 0 Å². The Kier molecular flexibility index (Phi) is 4.54. The molecule has 2 saturated heterocycles. The monoisotopic (exact) mass is 430 g/mol.